The van der Waals surface area contributed by atoms with E-state index in [0.717, 1.165) is 17.9 Å². The van der Waals surface area contributed by atoms with Crippen LogP contribution in [-0.2, 0) is 16.4 Å². The van der Waals surface area contributed by atoms with Crippen LogP contribution < -0.4 is 5.73 Å². The van der Waals surface area contributed by atoms with Gasteiger partial charge in [0.2, 0.25) is 0 Å². The predicted molar refractivity (Wildman–Crippen MR) is 82.2 cm³/mol. The topological polar surface area (TPSA) is 63.4 Å². The monoisotopic (exact) mass is 320 g/mol. The summed E-state index contributed by atoms with van der Waals surface area (Å²) in [5, 5.41) is 0.156. The third-order valence-electron chi connectivity index (χ3n) is 3.05. The third-order valence-corrected chi connectivity index (χ3v) is 5.96. The molecule has 0 aromatic heterocycles. The van der Waals surface area contributed by atoms with Gasteiger partial charge >= 0.3 is 0 Å². The number of nitrogens with two attached hydrogens (primary N) is 1. The van der Waals surface area contributed by atoms with Crippen LogP contribution in [-0.4, -0.2) is 43.0 Å². The van der Waals surface area contributed by atoms with Crippen molar-refractivity contribution in [2.75, 3.05) is 30.0 Å². The van der Waals surface area contributed by atoms with Crippen molar-refractivity contribution in [1.82, 2.24) is 4.90 Å². The Labute approximate surface area is 123 Å². The van der Waals surface area contributed by atoms with E-state index in [2.05, 4.69) is 0 Å². The summed E-state index contributed by atoms with van der Waals surface area (Å²) in [5.41, 5.74) is 7.31. The van der Waals surface area contributed by atoms with E-state index in [1.807, 2.05) is 17.0 Å². The van der Waals surface area contributed by atoms with Crippen LogP contribution in [0, 0.1) is 0 Å². The predicted octanol–water partition coefficient (Wildman–Crippen LogP) is 1.84. The number of hydrogen-bond acceptors (Lipinski definition) is 5. The number of rotatable bonds is 3. The average molecular weight is 321 g/mol. The second-order valence-corrected chi connectivity index (χ2v) is 8.51. The number of hydrogen-bond donors (Lipinski definition) is 1. The summed E-state index contributed by atoms with van der Waals surface area (Å²) in [6, 6.07) is 5.36. The lowest BCUT2D eigenvalue weighted by Crippen LogP contribution is -2.46. The van der Waals surface area contributed by atoms with E-state index in [9.17, 15) is 8.42 Å². The SMILES string of the molecule is CS(=O)(=O)C1CSCCN1Cc1cc(N)cc(Cl)c1. The summed E-state index contributed by atoms with van der Waals surface area (Å²) in [6.45, 7) is 1.32. The summed E-state index contributed by atoms with van der Waals surface area (Å²) >= 11 is 7.65. The molecule has 1 atom stereocenters. The van der Waals surface area contributed by atoms with Gasteiger partial charge in [-0.25, -0.2) is 8.42 Å². The van der Waals surface area contributed by atoms with Crippen LogP contribution in [0.4, 0.5) is 5.69 Å². The minimum absolute atomic E-state index is 0.425. The maximum atomic E-state index is 11.8. The van der Waals surface area contributed by atoms with Crippen molar-refractivity contribution in [2.24, 2.45) is 0 Å². The first kappa shape index (κ1) is 15.0. The van der Waals surface area contributed by atoms with Gasteiger partial charge < -0.3 is 5.73 Å². The Bertz CT molecular complexity index is 543. The average Bonchev–Trinajstić information content (AvgIpc) is 2.26. The van der Waals surface area contributed by atoms with Crippen LogP contribution >= 0.6 is 23.4 Å². The zero-order valence-corrected chi connectivity index (χ0v) is 13.1. The third kappa shape index (κ3) is 4.02. The molecule has 19 heavy (non-hydrogen) atoms. The van der Waals surface area contributed by atoms with Crippen molar-refractivity contribution < 1.29 is 8.42 Å². The zero-order valence-electron chi connectivity index (χ0n) is 10.7. The molecule has 1 saturated heterocycles. The quantitative estimate of drug-likeness (QED) is 0.861. The molecular weight excluding hydrogens is 304 g/mol. The van der Waals surface area contributed by atoms with Crippen LogP contribution in [0.3, 0.4) is 0 Å². The van der Waals surface area contributed by atoms with Gasteiger partial charge in [0, 0.05) is 41.6 Å². The van der Waals surface area contributed by atoms with E-state index in [-0.39, 0.29) is 0 Å². The summed E-state index contributed by atoms with van der Waals surface area (Å²) in [7, 11) is -3.07. The van der Waals surface area contributed by atoms with Gasteiger partial charge in [0.1, 0.15) is 5.37 Å². The first-order valence-corrected chi connectivity index (χ1v) is 9.40. The first-order valence-electron chi connectivity index (χ1n) is 5.92. The van der Waals surface area contributed by atoms with Gasteiger partial charge in [-0.2, -0.15) is 11.8 Å². The Morgan fingerprint density at radius 2 is 2.21 bits per heavy atom. The summed E-state index contributed by atoms with van der Waals surface area (Å²) < 4.78 is 23.6. The van der Waals surface area contributed by atoms with E-state index in [1.54, 1.807) is 17.8 Å². The summed E-state index contributed by atoms with van der Waals surface area (Å²) in [4.78, 5) is 1.98. The maximum Gasteiger partial charge on any atom is 0.164 e. The highest BCUT2D eigenvalue weighted by molar-refractivity contribution is 8.00. The molecule has 0 radical (unpaired) electrons. The number of nitrogen functional groups attached to an aromatic ring is 1. The molecule has 0 saturated carbocycles. The molecule has 7 heteroatoms. The van der Waals surface area contributed by atoms with Gasteiger partial charge in [0.15, 0.2) is 9.84 Å². The highest BCUT2D eigenvalue weighted by atomic mass is 35.5. The number of anilines is 1. The van der Waals surface area contributed by atoms with E-state index >= 15 is 0 Å². The number of thioether (sulfide) groups is 1. The van der Waals surface area contributed by atoms with Gasteiger partial charge in [-0.15, -0.1) is 0 Å². The van der Waals surface area contributed by atoms with Crippen molar-refractivity contribution in [1.29, 1.82) is 0 Å². The Hall–Kier alpha value is -0.430. The fourth-order valence-corrected chi connectivity index (χ4v) is 5.40. The van der Waals surface area contributed by atoms with E-state index < -0.39 is 15.2 Å². The van der Waals surface area contributed by atoms with Crippen LogP contribution in [0.25, 0.3) is 0 Å². The van der Waals surface area contributed by atoms with Crippen molar-refractivity contribution in [3.05, 3.63) is 28.8 Å². The van der Waals surface area contributed by atoms with Crippen molar-refractivity contribution in [2.45, 2.75) is 11.9 Å². The number of sulfone groups is 1. The lowest BCUT2D eigenvalue weighted by atomic mass is 10.2. The molecule has 1 fully saturated rings. The van der Waals surface area contributed by atoms with Gasteiger partial charge in [0.25, 0.3) is 0 Å². The normalized spacial score (nSPS) is 21.5. The molecule has 1 heterocycles. The molecule has 0 spiro atoms. The Morgan fingerprint density at radius 3 is 2.84 bits per heavy atom. The molecule has 0 amide bonds. The fraction of sp³-hybridized carbons (Fsp3) is 0.500. The van der Waals surface area contributed by atoms with Crippen molar-refractivity contribution >= 4 is 38.9 Å². The minimum atomic E-state index is -3.07. The smallest absolute Gasteiger partial charge is 0.164 e. The molecule has 1 aliphatic rings. The first-order chi connectivity index (χ1) is 8.86. The van der Waals surface area contributed by atoms with E-state index in [0.29, 0.717) is 23.0 Å². The number of halogens is 1. The Morgan fingerprint density at radius 1 is 1.47 bits per heavy atom. The molecule has 2 rings (SSSR count). The van der Waals surface area contributed by atoms with Crippen LogP contribution in [0.5, 0.6) is 0 Å². The van der Waals surface area contributed by atoms with E-state index in [1.165, 1.54) is 6.26 Å². The zero-order chi connectivity index (χ0) is 14.0. The molecule has 1 aromatic carbocycles. The van der Waals surface area contributed by atoms with Gasteiger partial charge in [-0.3, -0.25) is 4.90 Å². The largest absolute Gasteiger partial charge is 0.399 e. The number of nitrogens with zero attached hydrogens (tertiary/aromatic N) is 1. The molecule has 0 aliphatic carbocycles. The molecule has 1 unspecified atom stereocenters. The van der Waals surface area contributed by atoms with Crippen LogP contribution in [0.15, 0.2) is 18.2 Å². The van der Waals surface area contributed by atoms with Crippen LogP contribution in [0.2, 0.25) is 5.02 Å². The molecule has 4 nitrogen and oxygen atoms in total. The highest BCUT2D eigenvalue weighted by Crippen LogP contribution is 2.24. The molecule has 106 valence electrons. The van der Waals surface area contributed by atoms with Crippen molar-refractivity contribution in [3.8, 4) is 0 Å². The lowest BCUT2D eigenvalue weighted by molar-refractivity contribution is 0.262. The molecule has 1 aliphatic heterocycles. The summed E-state index contributed by atoms with van der Waals surface area (Å²) in [6.07, 6.45) is 1.29. The Kier molecular flexibility index (Phi) is 4.66. The Balaban J connectivity index is 2.20. The van der Waals surface area contributed by atoms with Crippen LogP contribution in [0.1, 0.15) is 5.56 Å². The molecule has 1 aromatic rings. The number of benzene rings is 1. The van der Waals surface area contributed by atoms with Gasteiger partial charge in [-0.1, -0.05) is 11.6 Å². The lowest BCUT2D eigenvalue weighted by Gasteiger charge is -2.34. The molecular formula is C12H17ClN2O2S2. The standard InChI is InChI=1S/C12H17ClN2O2S2/c1-19(16,17)12-8-18-3-2-15(12)7-9-4-10(13)6-11(14)5-9/h4-6,12H,2-3,7-8,14H2,1H3. The second kappa shape index (κ2) is 5.91. The maximum absolute atomic E-state index is 11.8. The fourth-order valence-electron chi connectivity index (χ4n) is 2.19. The molecule has 0 bridgehead atoms. The minimum Gasteiger partial charge on any atom is -0.399 e. The van der Waals surface area contributed by atoms with Crippen molar-refractivity contribution in [3.63, 3.8) is 0 Å². The highest BCUT2D eigenvalue weighted by Gasteiger charge is 2.30. The van der Waals surface area contributed by atoms with E-state index in [4.69, 9.17) is 17.3 Å². The van der Waals surface area contributed by atoms with Gasteiger partial charge in [-0.05, 0) is 23.8 Å². The van der Waals surface area contributed by atoms with Gasteiger partial charge in [0.05, 0.1) is 0 Å². The summed E-state index contributed by atoms with van der Waals surface area (Å²) in [5.74, 6) is 1.57. The second-order valence-electron chi connectivity index (χ2n) is 4.72. The molecule has 2 N–H and O–H groups in total.